The van der Waals surface area contributed by atoms with Crippen LogP contribution < -0.4 is 0 Å². The van der Waals surface area contributed by atoms with Crippen LogP contribution in [0.3, 0.4) is 0 Å². The highest BCUT2D eigenvalue weighted by Gasteiger charge is 2.25. The third-order valence-corrected chi connectivity index (χ3v) is 6.80. The minimum atomic E-state index is -0.945. The average Bonchev–Trinajstić information content (AvgIpc) is 3.72. The number of hydrogen-bond donors (Lipinski definition) is 1. The predicted octanol–water partition coefficient (Wildman–Crippen LogP) is 6.63. The van der Waals surface area contributed by atoms with E-state index in [9.17, 15) is 14.4 Å². The number of halogens is 1. The molecule has 3 aromatic heterocycles. The Hall–Kier alpha value is -3.01. The van der Waals surface area contributed by atoms with Crippen LogP contribution in [0.25, 0.3) is 0 Å². The molecular weight excluding hydrogens is 581 g/mol. The van der Waals surface area contributed by atoms with Gasteiger partial charge in [-0.3, -0.25) is 19.6 Å². The largest absolute Gasteiger partial charge is 0.477 e. The van der Waals surface area contributed by atoms with E-state index >= 15 is 0 Å². The molecule has 2 aliphatic carbocycles. The number of hydrogen-bond acceptors (Lipinski definition) is 6. The summed E-state index contributed by atoms with van der Waals surface area (Å²) in [5.41, 5.74) is 6.56. The summed E-state index contributed by atoms with van der Waals surface area (Å²) in [6.45, 7) is 8.73. The van der Waals surface area contributed by atoms with E-state index in [1.54, 1.807) is 26.2 Å². The number of carbonyl (C=O) groups excluding carboxylic acids is 2. The molecule has 0 unspecified atom stereocenters. The maximum absolute atomic E-state index is 11.1. The van der Waals surface area contributed by atoms with Crippen LogP contribution in [0, 0.1) is 24.3 Å². The molecule has 194 valence electrons. The lowest BCUT2D eigenvalue weighted by molar-refractivity contribution is 0.0689. The number of aryl methyl sites for hydroxylation is 3. The predicted molar refractivity (Wildman–Crippen MR) is 151 cm³/mol. The van der Waals surface area contributed by atoms with Gasteiger partial charge in [0.05, 0.1) is 0 Å². The van der Waals surface area contributed by atoms with Gasteiger partial charge in [-0.2, -0.15) is 0 Å². The van der Waals surface area contributed by atoms with E-state index in [0.29, 0.717) is 23.2 Å². The van der Waals surface area contributed by atoms with Crippen LogP contribution in [0.2, 0.25) is 0 Å². The van der Waals surface area contributed by atoms with E-state index in [1.165, 1.54) is 43.7 Å². The van der Waals surface area contributed by atoms with Gasteiger partial charge in [-0.05, 0) is 115 Å². The van der Waals surface area contributed by atoms with Crippen molar-refractivity contribution in [2.45, 2.75) is 72.1 Å². The number of ketones is 2. The van der Waals surface area contributed by atoms with Crippen LogP contribution in [-0.4, -0.2) is 37.6 Å². The number of aromatic carboxylic acids is 1. The second-order valence-corrected chi connectivity index (χ2v) is 10.9. The standard InChI is InChI=1S/C11H13NO.C10H11NO2.C8H8INO/c1-7-5-10(9-3-4-9)6-12-11(7)8(2)13;1-6-4-8(7-2-3-7)5-11-9(6)10(12)13;1-5-3-7(9)4-10-8(5)6(2)11/h5-6,9H,3-4H2,1-2H3;4-5,7H,2-3H2,1H3,(H,12,13);3-4H,1-2H3. The molecule has 0 spiro atoms. The van der Waals surface area contributed by atoms with E-state index in [0.717, 1.165) is 20.3 Å². The van der Waals surface area contributed by atoms with Crippen molar-refractivity contribution in [1.29, 1.82) is 0 Å². The lowest BCUT2D eigenvalue weighted by Crippen LogP contribution is -2.03. The summed E-state index contributed by atoms with van der Waals surface area (Å²) >= 11 is 2.17. The summed E-state index contributed by atoms with van der Waals surface area (Å²) in [7, 11) is 0. The Kier molecular flexibility index (Phi) is 9.64. The molecule has 2 fully saturated rings. The van der Waals surface area contributed by atoms with Crippen molar-refractivity contribution >= 4 is 40.1 Å². The van der Waals surface area contributed by atoms with Gasteiger partial charge in [0.25, 0.3) is 0 Å². The molecule has 5 rings (SSSR count). The third-order valence-electron chi connectivity index (χ3n) is 6.21. The minimum Gasteiger partial charge on any atom is -0.477 e. The number of carboxylic acids is 1. The molecule has 0 aliphatic heterocycles. The molecule has 0 saturated heterocycles. The molecule has 37 heavy (non-hydrogen) atoms. The maximum atomic E-state index is 11.1. The second-order valence-electron chi connectivity index (χ2n) is 9.65. The Balaban J connectivity index is 0.000000155. The summed E-state index contributed by atoms with van der Waals surface area (Å²) in [5.74, 6) is 0.486. The molecule has 7 nitrogen and oxygen atoms in total. The Bertz CT molecular complexity index is 1260. The molecule has 0 atom stereocenters. The topological polar surface area (TPSA) is 110 Å². The first-order valence-electron chi connectivity index (χ1n) is 12.3. The molecule has 3 heterocycles. The van der Waals surface area contributed by atoms with Gasteiger partial charge in [0, 0.05) is 36.0 Å². The first-order chi connectivity index (χ1) is 17.5. The van der Waals surface area contributed by atoms with Gasteiger partial charge < -0.3 is 5.11 Å². The fourth-order valence-corrected chi connectivity index (χ4v) is 4.58. The number of pyridine rings is 3. The van der Waals surface area contributed by atoms with E-state index in [2.05, 4.69) is 43.6 Å². The monoisotopic (exact) mass is 613 g/mol. The average molecular weight is 613 g/mol. The zero-order chi connectivity index (χ0) is 27.3. The lowest BCUT2D eigenvalue weighted by Gasteiger charge is -2.03. The molecule has 3 aromatic rings. The van der Waals surface area contributed by atoms with Gasteiger partial charge in [0.1, 0.15) is 11.4 Å². The van der Waals surface area contributed by atoms with Crippen molar-refractivity contribution in [3.05, 3.63) is 85.3 Å². The van der Waals surface area contributed by atoms with E-state index in [1.807, 2.05) is 32.2 Å². The Labute approximate surface area is 231 Å². The third kappa shape index (κ3) is 8.24. The normalized spacial score (nSPS) is 14.0. The Morgan fingerprint density at radius 1 is 0.703 bits per heavy atom. The highest BCUT2D eigenvalue weighted by atomic mass is 127. The number of carboxylic acid groups (broad SMARTS) is 1. The van der Waals surface area contributed by atoms with E-state index < -0.39 is 5.97 Å². The SMILES string of the molecule is CC(=O)c1ncc(C2CC2)cc1C.CC(=O)c1ncc(I)cc1C.Cc1cc(C2CC2)cnc1C(=O)O. The van der Waals surface area contributed by atoms with Gasteiger partial charge in [0.2, 0.25) is 0 Å². The summed E-state index contributed by atoms with van der Waals surface area (Å²) in [6, 6.07) is 5.99. The number of rotatable bonds is 5. The number of carbonyl (C=O) groups is 3. The lowest BCUT2D eigenvalue weighted by atomic mass is 10.1. The maximum Gasteiger partial charge on any atom is 0.354 e. The summed E-state index contributed by atoms with van der Waals surface area (Å²) in [6.07, 6.45) is 10.2. The molecule has 2 saturated carbocycles. The molecule has 0 radical (unpaired) electrons. The van der Waals surface area contributed by atoms with Crippen LogP contribution in [-0.2, 0) is 0 Å². The van der Waals surface area contributed by atoms with E-state index in [-0.39, 0.29) is 17.3 Å². The van der Waals surface area contributed by atoms with Crippen molar-refractivity contribution in [3.63, 3.8) is 0 Å². The zero-order valence-electron chi connectivity index (χ0n) is 21.8. The van der Waals surface area contributed by atoms with Crippen LogP contribution in [0.15, 0.2) is 36.8 Å². The van der Waals surface area contributed by atoms with Crippen molar-refractivity contribution in [2.24, 2.45) is 0 Å². The van der Waals surface area contributed by atoms with Crippen LogP contribution in [0.1, 0.15) is 111 Å². The highest BCUT2D eigenvalue weighted by molar-refractivity contribution is 14.1. The first kappa shape index (κ1) is 28.6. The molecule has 8 heteroatoms. The fraction of sp³-hybridized carbons (Fsp3) is 0.379. The van der Waals surface area contributed by atoms with Crippen LogP contribution in [0.5, 0.6) is 0 Å². The zero-order valence-corrected chi connectivity index (χ0v) is 24.0. The number of Topliss-reactive ketones (excluding diaryl/α,β-unsaturated/α-hetero) is 2. The number of nitrogens with zero attached hydrogens (tertiary/aromatic N) is 3. The minimum absolute atomic E-state index is 0.0268. The number of aromatic nitrogens is 3. The van der Waals surface area contributed by atoms with Gasteiger partial charge in [0.15, 0.2) is 17.3 Å². The quantitative estimate of drug-likeness (QED) is 0.254. The van der Waals surface area contributed by atoms with Crippen LogP contribution >= 0.6 is 22.6 Å². The first-order valence-corrected chi connectivity index (χ1v) is 13.4. The smallest absolute Gasteiger partial charge is 0.354 e. The molecule has 0 amide bonds. The van der Waals surface area contributed by atoms with Gasteiger partial charge in [-0.15, -0.1) is 0 Å². The molecule has 1 N–H and O–H groups in total. The summed E-state index contributed by atoms with van der Waals surface area (Å²) < 4.78 is 1.06. The van der Waals surface area contributed by atoms with Gasteiger partial charge in [-0.1, -0.05) is 12.1 Å². The fourth-order valence-electron chi connectivity index (χ4n) is 3.97. The van der Waals surface area contributed by atoms with Crippen LogP contribution in [0.4, 0.5) is 0 Å². The van der Waals surface area contributed by atoms with Crippen molar-refractivity contribution in [3.8, 4) is 0 Å². The molecule has 2 aliphatic rings. The molecule has 0 aromatic carbocycles. The summed E-state index contributed by atoms with van der Waals surface area (Å²) in [5, 5.41) is 8.75. The van der Waals surface area contributed by atoms with Crippen molar-refractivity contribution < 1.29 is 19.5 Å². The Morgan fingerprint density at radius 2 is 1.08 bits per heavy atom. The van der Waals surface area contributed by atoms with Gasteiger partial charge >= 0.3 is 5.97 Å². The van der Waals surface area contributed by atoms with Crippen molar-refractivity contribution in [1.82, 2.24) is 15.0 Å². The summed E-state index contributed by atoms with van der Waals surface area (Å²) in [4.78, 5) is 44.8. The second kappa shape index (κ2) is 12.5. The molecule has 0 bridgehead atoms. The Morgan fingerprint density at radius 3 is 1.41 bits per heavy atom. The van der Waals surface area contributed by atoms with Gasteiger partial charge in [-0.25, -0.2) is 9.78 Å². The highest BCUT2D eigenvalue weighted by Crippen LogP contribution is 2.40. The molecular formula is C29H32IN3O4. The van der Waals surface area contributed by atoms with E-state index in [4.69, 9.17) is 5.11 Å². The van der Waals surface area contributed by atoms with Crippen molar-refractivity contribution in [2.75, 3.05) is 0 Å².